The van der Waals surface area contributed by atoms with E-state index >= 15 is 0 Å². The van der Waals surface area contributed by atoms with Crippen molar-refractivity contribution in [3.63, 3.8) is 0 Å². The Balaban J connectivity index is 2.26. The van der Waals surface area contributed by atoms with Crippen molar-refractivity contribution in [1.29, 1.82) is 5.26 Å². The van der Waals surface area contributed by atoms with Crippen LogP contribution in [-0.2, 0) is 4.79 Å². The van der Waals surface area contributed by atoms with Crippen molar-refractivity contribution in [2.24, 2.45) is 5.92 Å². The van der Waals surface area contributed by atoms with Crippen LogP contribution in [0.1, 0.15) is 12.8 Å². The molecule has 2 N–H and O–H groups in total. The molecule has 1 fully saturated rings. The van der Waals surface area contributed by atoms with E-state index in [1.54, 1.807) is 0 Å². The van der Waals surface area contributed by atoms with Gasteiger partial charge in [0.05, 0.1) is 6.07 Å². The van der Waals surface area contributed by atoms with Gasteiger partial charge < -0.3 is 10.6 Å². The Morgan fingerprint density at radius 2 is 2.25 bits per heavy atom. The average molecular weight is 167 g/mol. The molecule has 0 aromatic carbocycles. The quantitative estimate of drug-likeness (QED) is 0.551. The van der Waals surface area contributed by atoms with E-state index in [1.165, 1.54) is 0 Å². The number of nitrogens with one attached hydrogen (secondary N) is 2. The van der Waals surface area contributed by atoms with Crippen LogP contribution in [0.4, 0.5) is 0 Å². The Hall–Kier alpha value is -1.08. The standard InChI is InChI=1S/C8H13N3O/c9-3-6-11-8(12)7-1-4-10-5-2-7/h7,10H,1-2,4-6H2,(H,11,12). The summed E-state index contributed by atoms with van der Waals surface area (Å²) in [6.07, 6.45) is 1.77. The third-order valence-electron chi connectivity index (χ3n) is 2.05. The molecular formula is C8H13N3O. The van der Waals surface area contributed by atoms with Gasteiger partial charge in [-0.25, -0.2) is 0 Å². The van der Waals surface area contributed by atoms with Gasteiger partial charge in [-0.2, -0.15) is 5.26 Å². The normalized spacial score (nSPS) is 18.2. The Kier molecular flexibility index (Phi) is 3.55. The highest BCUT2D eigenvalue weighted by atomic mass is 16.1. The summed E-state index contributed by atoms with van der Waals surface area (Å²) in [7, 11) is 0. The van der Waals surface area contributed by atoms with Gasteiger partial charge in [0, 0.05) is 5.92 Å². The van der Waals surface area contributed by atoms with Gasteiger partial charge in [-0.1, -0.05) is 0 Å². The molecule has 0 aromatic heterocycles. The maximum absolute atomic E-state index is 11.3. The highest BCUT2D eigenvalue weighted by Crippen LogP contribution is 2.10. The molecule has 4 nitrogen and oxygen atoms in total. The second-order valence-electron chi connectivity index (χ2n) is 2.90. The Labute approximate surface area is 71.9 Å². The molecule has 0 aromatic rings. The minimum Gasteiger partial charge on any atom is -0.343 e. The van der Waals surface area contributed by atoms with Gasteiger partial charge in [-0.05, 0) is 25.9 Å². The highest BCUT2D eigenvalue weighted by molar-refractivity contribution is 5.78. The minimum absolute atomic E-state index is 0.0260. The number of nitrogens with zero attached hydrogens (tertiary/aromatic N) is 1. The number of hydrogen-bond donors (Lipinski definition) is 2. The Bertz CT molecular complexity index is 191. The zero-order chi connectivity index (χ0) is 8.81. The van der Waals surface area contributed by atoms with Gasteiger partial charge in [0.15, 0.2) is 0 Å². The molecule has 0 aliphatic carbocycles. The summed E-state index contributed by atoms with van der Waals surface area (Å²) in [4.78, 5) is 11.3. The number of nitriles is 1. The number of carbonyl (C=O) groups excluding carboxylic acids is 1. The van der Waals surface area contributed by atoms with Crippen molar-refractivity contribution in [2.75, 3.05) is 19.6 Å². The third kappa shape index (κ3) is 2.51. The molecule has 0 bridgehead atoms. The van der Waals surface area contributed by atoms with E-state index in [2.05, 4.69) is 10.6 Å². The van der Waals surface area contributed by atoms with E-state index in [1.807, 2.05) is 6.07 Å². The van der Waals surface area contributed by atoms with Crippen LogP contribution in [0.2, 0.25) is 0 Å². The molecule has 0 saturated carbocycles. The van der Waals surface area contributed by atoms with E-state index in [4.69, 9.17) is 5.26 Å². The van der Waals surface area contributed by atoms with E-state index in [-0.39, 0.29) is 18.4 Å². The van der Waals surface area contributed by atoms with Gasteiger partial charge in [-0.15, -0.1) is 0 Å². The van der Waals surface area contributed by atoms with Crippen molar-refractivity contribution in [2.45, 2.75) is 12.8 Å². The molecule has 1 aliphatic rings. The van der Waals surface area contributed by atoms with E-state index < -0.39 is 0 Å². The van der Waals surface area contributed by atoms with E-state index in [0.717, 1.165) is 25.9 Å². The lowest BCUT2D eigenvalue weighted by Crippen LogP contribution is -2.38. The van der Waals surface area contributed by atoms with Gasteiger partial charge >= 0.3 is 0 Å². The van der Waals surface area contributed by atoms with Crippen molar-refractivity contribution >= 4 is 5.91 Å². The molecule has 0 spiro atoms. The molecule has 1 rings (SSSR count). The first-order chi connectivity index (χ1) is 5.84. The average Bonchev–Trinajstić information content (AvgIpc) is 2.15. The maximum atomic E-state index is 11.3. The topological polar surface area (TPSA) is 64.9 Å². The fraction of sp³-hybridized carbons (Fsp3) is 0.750. The predicted molar refractivity (Wildman–Crippen MR) is 44.2 cm³/mol. The van der Waals surface area contributed by atoms with Crippen molar-refractivity contribution in [1.82, 2.24) is 10.6 Å². The summed E-state index contributed by atoms with van der Waals surface area (Å²) >= 11 is 0. The number of hydrogen-bond acceptors (Lipinski definition) is 3. The summed E-state index contributed by atoms with van der Waals surface area (Å²) in [5.41, 5.74) is 0. The first-order valence-corrected chi connectivity index (χ1v) is 4.20. The monoisotopic (exact) mass is 167 g/mol. The van der Waals surface area contributed by atoms with Crippen LogP contribution in [0, 0.1) is 17.2 Å². The number of piperidine rings is 1. The van der Waals surface area contributed by atoms with E-state index in [9.17, 15) is 4.79 Å². The minimum atomic E-state index is 0.0260. The van der Waals surface area contributed by atoms with Gasteiger partial charge in [-0.3, -0.25) is 4.79 Å². The number of rotatable bonds is 2. The van der Waals surface area contributed by atoms with Crippen LogP contribution >= 0.6 is 0 Å². The molecule has 66 valence electrons. The SMILES string of the molecule is N#CCNC(=O)C1CCNCC1. The van der Waals surface area contributed by atoms with Crippen LogP contribution in [0.5, 0.6) is 0 Å². The molecule has 4 heteroatoms. The van der Waals surface area contributed by atoms with Crippen LogP contribution in [-0.4, -0.2) is 25.5 Å². The third-order valence-corrected chi connectivity index (χ3v) is 2.05. The second-order valence-corrected chi connectivity index (χ2v) is 2.90. The van der Waals surface area contributed by atoms with Crippen molar-refractivity contribution in [3.8, 4) is 6.07 Å². The molecule has 0 radical (unpaired) electrons. The fourth-order valence-corrected chi connectivity index (χ4v) is 1.36. The summed E-state index contributed by atoms with van der Waals surface area (Å²) < 4.78 is 0. The lowest BCUT2D eigenvalue weighted by Gasteiger charge is -2.20. The first kappa shape index (κ1) is 9.01. The molecule has 1 heterocycles. The fourth-order valence-electron chi connectivity index (χ4n) is 1.36. The van der Waals surface area contributed by atoms with Crippen LogP contribution in [0.3, 0.4) is 0 Å². The highest BCUT2D eigenvalue weighted by Gasteiger charge is 2.19. The van der Waals surface area contributed by atoms with Crippen molar-refractivity contribution in [3.05, 3.63) is 0 Å². The smallest absolute Gasteiger partial charge is 0.224 e. The van der Waals surface area contributed by atoms with Gasteiger partial charge in [0.1, 0.15) is 6.54 Å². The summed E-state index contributed by atoms with van der Waals surface area (Å²) in [6, 6.07) is 1.89. The van der Waals surface area contributed by atoms with Gasteiger partial charge in [0.2, 0.25) is 5.91 Å². The molecule has 0 atom stereocenters. The summed E-state index contributed by atoms with van der Waals surface area (Å²) in [5, 5.41) is 14.0. The summed E-state index contributed by atoms with van der Waals surface area (Å²) in [5.74, 6) is 0.137. The van der Waals surface area contributed by atoms with Crippen molar-refractivity contribution < 1.29 is 4.79 Å². The lowest BCUT2D eigenvalue weighted by atomic mass is 9.97. The maximum Gasteiger partial charge on any atom is 0.224 e. The van der Waals surface area contributed by atoms with Crippen LogP contribution in [0.25, 0.3) is 0 Å². The summed E-state index contributed by atoms with van der Waals surface area (Å²) in [6.45, 7) is 1.94. The zero-order valence-electron chi connectivity index (χ0n) is 6.97. The Morgan fingerprint density at radius 3 is 2.83 bits per heavy atom. The lowest BCUT2D eigenvalue weighted by molar-refractivity contribution is -0.125. The largest absolute Gasteiger partial charge is 0.343 e. The molecule has 1 amide bonds. The van der Waals surface area contributed by atoms with Crippen LogP contribution < -0.4 is 10.6 Å². The molecule has 0 unspecified atom stereocenters. The molecule has 1 aliphatic heterocycles. The second kappa shape index (κ2) is 4.73. The zero-order valence-corrected chi connectivity index (χ0v) is 6.97. The first-order valence-electron chi connectivity index (χ1n) is 4.20. The number of carbonyl (C=O) groups is 1. The van der Waals surface area contributed by atoms with Crippen LogP contribution in [0.15, 0.2) is 0 Å². The molecule has 1 saturated heterocycles. The number of amides is 1. The van der Waals surface area contributed by atoms with Gasteiger partial charge in [0.25, 0.3) is 0 Å². The van der Waals surface area contributed by atoms with E-state index in [0.29, 0.717) is 0 Å². The molecule has 12 heavy (non-hydrogen) atoms. The molecular weight excluding hydrogens is 154 g/mol. The predicted octanol–water partition coefficient (Wildman–Crippen LogP) is -0.374. The Morgan fingerprint density at radius 1 is 1.58 bits per heavy atom.